The minimum Gasteiger partial charge on any atom is -0.345 e. The lowest BCUT2D eigenvalue weighted by molar-refractivity contribution is -0.137. The summed E-state index contributed by atoms with van der Waals surface area (Å²) in [5.41, 5.74) is 0.480. The number of nitrogens with zero attached hydrogens (tertiary/aromatic N) is 2. The highest BCUT2D eigenvalue weighted by Crippen LogP contribution is 2.29. The molecule has 32 heavy (non-hydrogen) atoms. The van der Waals surface area contributed by atoms with E-state index in [2.05, 4.69) is 5.32 Å². The number of carbonyl (C=O) groups is 3. The second kappa shape index (κ2) is 9.42. The Labute approximate surface area is 184 Å². The van der Waals surface area contributed by atoms with Gasteiger partial charge in [0.15, 0.2) is 0 Å². The van der Waals surface area contributed by atoms with Gasteiger partial charge < -0.3 is 15.1 Å². The number of hydrogen-bond donors (Lipinski definition) is 1. The van der Waals surface area contributed by atoms with Crippen LogP contribution in [0, 0.1) is 5.92 Å². The largest absolute Gasteiger partial charge is 0.416 e. The zero-order valence-corrected chi connectivity index (χ0v) is 17.8. The first-order valence-corrected chi connectivity index (χ1v) is 10.2. The number of likely N-dealkylation sites (tertiary alicyclic amines) is 1. The predicted molar refractivity (Wildman–Crippen MR) is 113 cm³/mol. The fourth-order valence-corrected chi connectivity index (χ4v) is 3.53. The fraction of sp³-hybridized carbons (Fsp3) is 0.348. The second-order valence-electron chi connectivity index (χ2n) is 7.91. The first-order chi connectivity index (χ1) is 15.1. The van der Waals surface area contributed by atoms with Gasteiger partial charge in [0.25, 0.3) is 11.8 Å². The molecule has 6 nitrogen and oxygen atoms in total. The third-order valence-corrected chi connectivity index (χ3v) is 5.42. The van der Waals surface area contributed by atoms with Gasteiger partial charge in [-0.3, -0.25) is 14.4 Å². The number of nitrogens with one attached hydrogen (secondary N) is 1. The molecule has 1 aliphatic rings. The van der Waals surface area contributed by atoms with Gasteiger partial charge in [0.1, 0.15) is 0 Å². The summed E-state index contributed by atoms with van der Waals surface area (Å²) in [5.74, 6) is -0.931. The van der Waals surface area contributed by atoms with E-state index in [9.17, 15) is 27.6 Å². The minimum atomic E-state index is -4.45. The van der Waals surface area contributed by atoms with Gasteiger partial charge in [-0.15, -0.1) is 0 Å². The molecule has 0 aliphatic carbocycles. The molecule has 0 saturated carbocycles. The third kappa shape index (κ3) is 5.46. The Morgan fingerprint density at radius 1 is 0.906 bits per heavy atom. The number of anilines is 1. The van der Waals surface area contributed by atoms with Gasteiger partial charge in [0.2, 0.25) is 5.91 Å². The molecular formula is C23H24F3N3O3. The Kier molecular flexibility index (Phi) is 6.86. The van der Waals surface area contributed by atoms with E-state index in [1.807, 2.05) is 0 Å². The van der Waals surface area contributed by atoms with Crippen LogP contribution in [0.4, 0.5) is 18.9 Å². The summed E-state index contributed by atoms with van der Waals surface area (Å²) in [5, 5.41) is 2.83. The van der Waals surface area contributed by atoms with Gasteiger partial charge in [-0.25, -0.2) is 0 Å². The SMILES string of the molecule is CN(C)C(=O)c1ccc(NC(=O)C2CCN(C(=O)c3ccc(C(F)(F)F)cc3)CC2)cc1. The molecule has 9 heteroatoms. The van der Waals surface area contributed by atoms with Crippen LogP contribution in [-0.4, -0.2) is 54.7 Å². The fourth-order valence-electron chi connectivity index (χ4n) is 3.53. The van der Waals surface area contributed by atoms with Gasteiger partial charge in [0.05, 0.1) is 5.56 Å². The Morgan fingerprint density at radius 3 is 1.94 bits per heavy atom. The lowest BCUT2D eigenvalue weighted by Gasteiger charge is -2.31. The predicted octanol–water partition coefficient (Wildman–Crippen LogP) is 3.90. The molecule has 1 fully saturated rings. The lowest BCUT2D eigenvalue weighted by atomic mass is 9.95. The van der Waals surface area contributed by atoms with Gasteiger partial charge in [-0.1, -0.05) is 0 Å². The van der Waals surface area contributed by atoms with Crippen LogP contribution in [-0.2, 0) is 11.0 Å². The highest BCUT2D eigenvalue weighted by atomic mass is 19.4. The van der Waals surface area contributed by atoms with Crippen LogP contribution in [0.3, 0.4) is 0 Å². The molecule has 1 saturated heterocycles. The Hall–Kier alpha value is -3.36. The Balaban J connectivity index is 1.53. The van der Waals surface area contributed by atoms with Crippen LogP contribution in [0.2, 0.25) is 0 Å². The van der Waals surface area contributed by atoms with Gasteiger partial charge in [-0.05, 0) is 61.4 Å². The normalized spacial score (nSPS) is 14.7. The zero-order valence-electron chi connectivity index (χ0n) is 17.8. The van der Waals surface area contributed by atoms with Crippen molar-refractivity contribution in [3.63, 3.8) is 0 Å². The number of rotatable bonds is 4. The van der Waals surface area contributed by atoms with Gasteiger partial charge in [-0.2, -0.15) is 13.2 Å². The highest BCUT2D eigenvalue weighted by Gasteiger charge is 2.31. The maximum absolute atomic E-state index is 12.7. The summed E-state index contributed by atoms with van der Waals surface area (Å²) < 4.78 is 38.1. The van der Waals surface area contributed by atoms with E-state index in [0.717, 1.165) is 12.1 Å². The molecule has 3 amide bonds. The van der Waals surface area contributed by atoms with Gasteiger partial charge in [0, 0.05) is 49.9 Å². The summed E-state index contributed by atoms with van der Waals surface area (Å²) in [6.07, 6.45) is -3.54. The summed E-state index contributed by atoms with van der Waals surface area (Å²) in [4.78, 5) is 40.1. The maximum Gasteiger partial charge on any atom is 0.416 e. The van der Waals surface area contributed by atoms with Crippen molar-refractivity contribution in [1.82, 2.24) is 9.80 Å². The molecular weight excluding hydrogens is 423 g/mol. The molecule has 0 bridgehead atoms. The Bertz CT molecular complexity index is 978. The number of benzene rings is 2. The van der Waals surface area contributed by atoms with Crippen molar-refractivity contribution in [2.45, 2.75) is 19.0 Å². The van der Waals surface area contributed by atoms with E-state index in [4.69, 9.17) is 0 Å². The summed E-state index contributed by atoms with van der Waals surface area (Å²) in [7, 11) is 3.32. The van der Waals surface area contributed by atoms with E-state index in [1.165, 1.54) is 17.0 Å². The van der Waals surface area contributed by atoms with Crippen LogP contribution in [0.25, 0.3) is 0 Å². The average Bonchev–Trinajstić information content (AvgIpc) is 2.78. The van der Waals surface area contributed by atoms with Crippen LogP contribution < -0.4 is 5.32 Å². The molecule has 0 aromatic heterocycles. The van der Waals surface area contributed by atoms with Crippen molar-refractivity contribution in [2.75, 3.05) is 32.5 Å². The number of hydrogen-bond acceptors (Lipinski definition) is 3. The third-order valence-electron chi connectivity index (χ3n) is 5.42. The molecule has 2 aromatic rings. The molecule has 0 unspecified atom stereocenters. The van der Waals surface area contributed by atoms with Gasteiger partial charge >= 0.3 is 6.18 Å². The monoisotopic (exact) mass is 447 g/mol. The van der Waals surface area contributed by atoms with E-state index >= 15 is 0 Å². The number of carbonyl (C=O) groups excluding carboxylic acids is 3. The van der Waals surface area contributed by atoms with E-state index in [-0.39, 0.29) is 29.2 Å². The quantitative estimate of drug-likeness (QED) is 0.773. The van der Waals surface area contributed by atoms with Crippen LogP contribution in [0.5, 0.6) is 0 Å². The average molecular weight is 447 g/mol. The second-order valence-corrected chi connectivity index (χ2v) is 7.91. The smallest absolute Gasteiger partial charge is 0.345 e. The number of amides is 3. The van der Waals surface area contributed by atoms with Crippen molar-refractivity contribution in [2.24, 2.45) is 5.92 Å². The molecule has 3 rings (SSSR count). The molecule has 1 aliphatic heterocycles. The van der Waals surface area contributed by atoms with Crippen molar-refractivity contribution >= 4 is 23.4 Å². The molecule has 0 spiro atoms. The molecule has 2 aromatic carbocycles. The standard InChI is InChI=1S/C23H24F3N3O3/c1-28(2)21(31)16-5-9-19(10-6-16)27-20(30)15-11-13-29(14-12-15)22(32)17-3-7-18(8-4-17)23(24,25)26/h3-10,15H,11-14H2,1-2H3,(H,27,30). The van der Waals surface area contributed by atoms with Crippen molar-refractivity contribution in [3.8, 4) is 0 Å². The zero-order chi connectivity index (χ0) is 23.5. The van der Waals surface area contributed by atoms with E-state index < -0.39 is 11.7 Å². The highest BCUT2D eigenvalue weighted by molar-refractivity contribution is 5.97. The van der Waals surface area contributed by atoms with Crippen LogP contribution >= 0.6 is 0 Å². The molecule has 0 radical (unpaired) electrons. The first-order valence-electron chi connectivity index (χ1n) is 10.2. The van der Waals surface area contributed by atoms with Crippen molar-refractivity contribution < 1.29 is 27.6 Å². The topological polar surface area (TPSA) is 69.7 Å². The number of piperidine rings is 1. The van der Waals surface area contributed by atoms with E-state index in [0.29, 0.717) is 37.2 Å². The van der Waals surface area contributed by atoms with Crippen LogP contribution in [0.1, 0.15) is 39.1 Å². The van der Waals surface area contributed by atoms with Crippen molar-refractivity contribution in [1.29, 1.82) is 0 Å². The Morgan fingerprint density at radius 2 is 1.44 bits per heavy atom. The molecule has 1 heterocycles. The summed E-state index contributed by atoms with van der Waals surface area (Å²) in [6, 6.07) is 10.8. The maximum atomic E-state index is 12.7. The lowest BCUT2D eigenvalue weighted by Crippen LogP contribution is -2.41. The van der Waals surface area contributed by atoms with E-state index in [1.54, 1.807) is 43.3 Å². The summed E-state index contributed by atoms with van der Waals surface area (Å²) >= 11 is 0. The van der Waals surface area contributed by atoms with Crippen LogP contribution in [0.15, 0.2) is 48.5 Å². The number of alkyl halides is 3. The first kappa shape index (κ1) is 23.3. The minimum absolute atomic E-state index is 0.132. The number of halogens is 3. The van der Waals surface area contributed by atoms with Crippen molar-refractivity contribution in [3.05, 3.63) is 65.2 Å². The molecule has 170 valence electrons. The summed E-state index contributed by atoms with van der Waals surface area (Å²) in [6.45, 7) is 0.683. The molecule has 0 atom stereocenters. The molecule has 1 N–H and O–H groups in total.